The summed E-state index contributed by atoms with van der Waals surface area (Å²) in [7, 11) is 0. The normalized spacial score (nSPS) is 23.9. The smallest absolute Gasteiger partial charge is 0.323 e. The molecule has 0 radical (unpaired) electrons. The van der Waals surface area contributed by atoms with E-state index in [1.807, 2.05) is 18.2 Å². The number of benzene rings is 1. The zero-order chi connectivity index (χ0) is 12.6. The predicted molar refractivity (Wildman–Crippen MR) is 66.9 cm³/mol. The number of para-hydroxylation sites is 1. The average molecular weight is 247 g/mol. The van der Waals surface area contributed by atoms with Gasteiger partial charge in [-0.15, -0.1) is 0 Å². The molecule has 4 nitrogen and oxygen atoms in total. The summed E-state index contributed by atoms with van der Waals surface area (Å²) in [5.74, 6) is 0.473. The molecular formula is C14H17NO3. The molecule has 96 valence electrons. The van der Waals surface area contributed by atoms with E-state index in [0.717, 1.165) is 25.0 Å². The molecule has 1 aromatic rings. The van der Waals surface area contributed by atoms with Gasteiger partial charge in [0, 0.05) is 18.0 Å². The Morgan fingerprint density at radius 3 is 2.89 bits per heavy atom. The minimum Gasteiger partial charge on any atom is -0.493 e. The van der Waals surface area contributed by atoms with Crippen molar-refractivity contribution in [3.8, 4) is 5.75 Å². The number of carbonyl (C=O) groups is 1. The van der Waals surface area contributed by atoms with E-state index in [9.17, 15) is 9.90 Å². The first-order valence-corrected chi connectivity index (χ1v) is 6.41. The Morgan fingerprint density at radius 1 is 1.44 bits per heavy atom. The number of ether oxygens (including phenoxy) is 1. The maximum absolute atomic E-state index is 11.3. The van der Waals surface area contributed by atoms with Gasteiger partial charge in [0.2, 0.25) is 0 Å². The SMILES string of the molecule is O=C(O)C1(NCC2COc3ccccc32)CCC1. The van der Waals surface area contributed by atoms with Crippen LogP contribution < -0.4 is 10.1 Å². The van der Waals surface area contributed by atoms with Gasteiger partial charge in [-0.05, 0) is 25.3 Å². The van der Waals surface area contributed by atoms with Crippen LogP contribution in [0.1, 0.15) is 30.7 Å². The fourth-order valence-corrected chi connectivity index (χ4v) is 2.71. The minimum absolute atomic E-state index is 0.262. The Hall–Kier alpha value is -1.55. The number of nitrogens with one attached hydrogen (secondary N) is 1. The molecule has 2 N–H and O–H groups in total. The van der Waals surface area contributed by atoms with E-state index in [0.29, 0.717) is 13.2 Å². The van der Waals surface area contributed by atoms with E-state index in [2.05, 4.69) is 11.4 Å². The highest BCUT2D eigenvalue weighted by Gasteiger charge is 2.44. The van der Waals surface area contributed by atoms with Crippen molar-refractivity contribution in [2.75, 3.05) is 13.2 Å². The lowest BCUT2D eigenvalue weighted by Gasteiger charge is -2.39. The molecule has 1 atom stereocenters. The molecule has 1 unspecified atom stereocenters. The Kier molecular flexibility index (Phi) is 2.74. The highest BCUT2D eigenvalue weighted by atomic mass is 16.5. The summed E-state index contributed by atoms with van der Waals surface area (Å²) in [5.41, 5.74) is 0.502. The maximum atomic E-state index is 11.3. The number of rotatable bonds is 4. The van der Waals surface area contributed by atoms with Crippen LogP contribution in [0.15, 0.2) is 24.3 Å². The molecule has 0 amide bonds. The second kappa shape index (κ2) is 4.28. The van der Waals surface area contributed by atoms with Gasteiger partial charge < -0.3 is 15.2 Å². The summed E-state index contributed by atoms with van der Waals surface area (Å²) in [6.45, 7) is 1.31. The summed E-state index contributed by atoms with van der Waals surface area (Å²) >= 11 is 0. The third-order valence-corrected chi connectivity index (χ3v) is 4.10. The molecule has 3 rings (SSSR count). The molecule has 0 aromatic heterocycles. The summed E-state index contributed by atoms with van der Waals surface area (Å²) in [6.07, 6.45) is 2.46. The van der Waals surface area contributed by atoms with Crippen LogP contribution in [0.2, 0.25) is 0 Å². The first kappa shape index (κ1) is 11.5. The summed E-state index contributed by atoms with van der Waals surface area (Å²) in [5, 5.41) is 12.5. The third-order valence-electron chi connectivity index (χ3n) is 4.10. The van der Waals surface area contributed by atoms with Crippen LogP contribution in [-0.4, -0.2) is 29.8 Å². The van der Waals surface area contributed by atoms with Gasteiger partial charge in [0.1, 0.15) is 11.3 Å². The quantitative estimate of drug-likeness (QED) is 0.851. The molecule has 2 aliphatic rings. The highest BCUT2D eigenvalue weighted by molar-refractivity contribution is 5.80. The Bertz CT molecular complexity index is 468. The standard InChI is InChI=1S/C14H17NO3/c16-13(17)14(6-3-7-14)15-8-10-9-18-12-5-2-1-4-11(10)12/h1-2,4-5,10,15H,3,6-9H2,(H,16,17). The third kappa shape index (κ3) is 1.77. The molecule has 1 heterocycles. The van der Waals surface area contributed by atoms with Crippen molar-refractivity contribution in [2.45, 2.75) is 30.7 Å². The Labute approximate surface area is 106 Å². The topological polar surface area (TPSA) is 58.6 Å². The minimum atomic E-state index is -0.721. The molecule has 1 saturated carbocycles. The van der Waals surface area contributed by atoms with Crippen LogP contribution in [0.25, 0.3) is 0 Å². The lowest BCUT2D eigenvalue weighted by atomic mass is 9.76. The molecule has 0 saturated heterocycles. The monoisotopic (exact) mass is 247 g/mol. The van der Waals surface area contributed by atoms with Gasteiger partial charge in [-0.1, -0.05) is 18.2 Å². The predicted octanol–water partition coefficient (Wildman–Crippen LogP) is 1.76. The fraction of sp³-hybridized carbons (Fsp3) is 0.500. The summed E-state index contributed by atoms with van der Waals surface area (Å²) < 4.78 is 5.60. The molecule has 1 fully saturated rings. The second-order valence-electron chi connectivity index (χ2n) is 5.17. The number of hydrogen-bond donors (Lipinski definition) is 2. The van der Waals surface area contributed by atoms with Gasteiger partial charge in [-0.2, -0.15) is 0 Å². The van der Waals surface area contributed by atoms with Crippen LogP contribution in [0.4, 0.5) is 0 Å². The van der Waals surface area contributed by atoms with Crippen molar-refractivity contribution < 1.29 is 14.6 Å². The van der Waals surface area contributed by atoms with E-state index >= 15 is 0 Å². The number of carboxylic acid groups (broad SMARTS) is 1. The molecule has 1 aliphatic heterocycles. The zero-order valence-electron chi connectivity index (χ0n) is 10.2. The lowest BCUT2D eigenvalue weighted by molar-refractivity contribution is -0.148. The number of aliphatic carboxylic acids is 1. The zero-order valence-corrected chi connectivity index (χ0v) is 10.2. The van der Waals surface area contributed by atoms with Crippen molar-refractivity contribution in [2.24, 2.45) is 0 Å². The largest absolute Gasteiger partial charge is 0.493 e. The van der Waals surface area contributed by atoms with Crippen LogP contribution >= 0.6 is 0 Å². The van der Waals surface area contributed by atoms with Crippen LogP contribution in [0.3, 0.4) is 0 Å². The maximum Gasteiger partial charge on any atom is 0.323 e. The van der Waals surface area contributed by atoms with Gasteiger partial charge in [0.25, 0.3) is 0 Å². The molecular weight excluding hydrogens is 230 g/mol. The van der Waals surface area contributed by atoms with E-state index < -0.39 is 11.5 Å². The molecule has 1 aromatic carbocycles. The van der Waals surface area contributed by atoms with Crippen molar-refractivity contribution in [1.82, 2.24) is 5.32 Å². The highest BCUT2D eigenvalue weighted by Crippen LogP contribution is 2.36. The van der Waals surface area contributed by atoms with E-state index in [4.69, 9.17) is 4.74 Å². The second-order valence-corrected chi connectivity index (χ2v) is 5.17. The number of hydrogen-bond acceptors (Lipinski definition) is 3. The summed E-state index contributed by atoms with van der Waals surface area (Å²) in [6, 6.07) is 7.98. The first-order chi connectivity index (χ1) is 8.71. The number of carboxylic acids is 1. The molecule has 0 bridgehead atoms. The van der Waals surface area contributed by atoms with Crippen LogP contribution in [0, 0.1) is 0 Å². The first-order valence-electron chi connectivity index (χ1n) is 6.41. The fourth-order valence-electron chi connectivity index (χ4n) is 2.71. The van der Waals surface area contributed by atoms with E-state index in [1.165, 1.54) is 5.56 Å². The lowest BCUT2D eigenvalue weighted by Crippen LogP contribution is -2.58. The average Bonchev–Trinajstić information content (AvgIpc) is 2.71. The summed E-state index contributed by atoms with van der Waals surface area (Å²) in [4.78, 5) is 11.3. The van der Waals surface area contributed by atoms with Gasteiger partial charge in [-0.3, -0.25) is 4.79 Å². The van der Waals surface area contributed by atoms with Crippen molar-refractivity contribution >= 4 is 5.97 Å². The van der Waals surface area contributed by atoms with Crippen molar-refractivity contribution in [1.29, 1.82) is 0 Å². The van der Waals surface area contributed by atoms with Gasteiger partial charge >= 0.3 is 5.97 Å². The van der Waals surface area contributed by atoms with Crippen molar-refractivity contribution in [3.05, 3.63) is 29.8 Å². The van der Waals surface area contributed by atoms with Crippen LogP contribution in [-0.2, 0) is 4.79 Å². The van der Waals surface area contributed by atoms with Crippen LogP contribution in [0.5, 0.6) is 5.75 Å². The molecule has 4 heteroatoms. The van der Waals surface area contributed by atoms with Gasteiger partial charge in [-0.25, -0.2) is 0 Å². The molecule has 0 spiro atoms. The molecule has 1 aliphatic carbocycles. The van der Waals surface area contributed by atoms with E-state index in [-0.39, 0.29) is 5.92 Å². The van der Waals surface area contributed by atoms with E-state index in [1.54, 1.807) is 0 Å². The number of fused-ring (bicyclic) bond motifs is 1. The Morgan fingerprint density at radius 2 is 2.22 bits per heavy atom. The Balaban J connectivity index is 1.67. The molecule has 18 heavy (non-hydrogen) atoms. The van der Waals surface area contributed by atoms with Gasteiger partial charge in [0.05, 0.1) is 6.61 Å². The van der Waals surface area contributed by atoms with Crippen molar-refractivity contribution in [3.63, 3.8) is 0 Å². The van der Waals surface area contributed by atoms with Gasteiger partial charge in [0.15, 0.2) is 0 Å².